The van der Waals surface area contributed by atoms with E-state index < -0.39 is 23.5 Å². The molecule has 1 amide bonds. The second kappa shape index (κ2) is 6.64. The Kier molecular flexibility index (Phi) is 4.54. The first-order valence-electron chi connectivity index (χ1n) is 7.53. The van der Waals surface area contributed by atoms with E-state index in [0.717, 1.165) is 9.20 Å². The fraction of sp³-hybridized carbons (Fsp3) is 0.250. The summed E-state index contributed by atoms with van der Waals surface area (Å²) in [5.74, 6) is -0.983. The van der Waals surface area contributed by atoms with Gasteiger partial charge in [0, 0.05) is 0 Å². The van der Waals surface area contributed by atoms with Crippen molar-refractivity contribution in [2.45, 2.75) is 26.4 Å². The molecule has 3 aromatic rings. The van der Waals surface area contributed by atoms with Gasteiger partial charge in [0.15, 0.2) is 5.65 Å². The average molecular weight is 364 g/mol. The van der Waals surface area contributed by atoms with E-state index in [-0.39, 0.29) is 11.6 Å². The summed E-state index contributed by atoms with van der Waals surface area (Å²) in [5, 5.41) is 10.8. The van der Waals surface area contributed by atoms with Gasteiger partial charge in [0.05, 0.1) is 16.8 Å². The standard InChI is InChI=1S/C16H15ClFN5O2/c1-9-3-6-14-21-22(16(25)23(14)20-9)8-15(24)19-10(2)11-4-5-12(17)13(18)7-11/h3-7,10H,8H2,1-2H3,(H,19,24)/t10-/m0/s1. The Labute approximate surface area is 147 Å². The molecular formula is C16H15ClFN5O2. The molecule has 0 unspecified atom stereocenters. The van der Waals surface area contributed by atoms with Crippen molar-refractivity contribution >= 4 is 23.2 Å². The predicted octanol–water partition coefficient (Wildman–Crippen LogP) is 1.87. The van der Waals surface area contributed by atoms with Gasteiger partial charge in [0.25, 0.3) is 0 Å². The molecule has 2 aromatic heterocycles. The highest BCUT2D eigenvalue weighted by molar-refractivity contribution is 6.30. The second-order valence-electron chi connectivity index (χ2n) is 5.65. The van der Waals surface area contributed by atoms with E-state index in [2.05, 4.69) is 15.5 Å². The fourth-order valence-electron chi connectivity index (χ4n) is 2.39. The van der Waals surface area contributed by atoms with Crippen molar-refractivity contribution in [3.8, 4) is 0 Å². The number of nitrogens with one attached hydrogen (secondary N) is 1. The van der Waals surface area contributed by atoms with Gasteiger partial charge in [0.2, 0.25) is 5.91 Å². The quantitative estimate of drug-likeness (QED) is 0.767. The number of nitrogens with zero attached hydrogens (tertiary/aromatic N) is 4. The second-order valence-corrected chi connectivity index (χ2v) is 6.05. The molecule has 7 nitrogen and oxygen atoms in total. The molecule has 0 bridgehead atoms. The number of aromatic nitrogens is 4. The van der Waals surface area contributed by atoms with Crippen molar-refractivity contribution in [3.05, 3.63) is 62.9 Å². The van der Waals surface area contributed by atoms with Crippen LogP contribution in [0.2, 0.25) is 5.02 Å². The third-order valence-corrected chi connectivity index (χ3v) is 3.99. The number of aryl methyl sites for hydroxylation is 1. The zero-order valence-electron chi connectivity index (χ0n) is 13.5. The Balaban J connectivity index is 1.75. The minimum absolute atomic E-state index is 0.0151. The minimum Gasteiger partial charge on any atom is -0.348 e. The van der Waals surface area contributed by atoms with Gasteiger partial charge in [-0.25, -0.2) is 13.9 Å². The molecule has 2 heterocycles. The first kappa shape index (κ1) is 17.1. The van der Waals surface area contributed by atoms with Gasteiger partial charge < -0.3 is 5.32 Å². The molecular weight excluding hydrogens is 349 g/mol. The third kappa shape index (κ3) is 3.53. The van der Waals surface area contributed by atoms with Crippen molar-refractivity contribution in [2.75, 3.05) is 0 Å². The summed E-state index contributed by atoms with van der Waals surface area (Å²) in [7, 11) is 0. The van der Waals surface area contributed by atoms with Gasteiger partial charge in [-0.05, 0) is 43.7 Å². The Morgan fingerprint density at radius 2 is 2.08 bits per heavy atom. The maximum Gasteiger partial charge on any atom is 0.367 e. The van der Waals surface area contributed by atoms with Crippen molar-refractivity contribution in [2.24, 2.45) is 0 Å². The lowest BCUT2D eigenvalue weighted by atomic mass is 10.1. The number of hydrogen-bond acceptors (Lipinski definition) is 4. The normalized spacial score (nSPS) is 12.3. The molecule has 130 valence electrons. The summed E-state index contributed by atoms with van der Waals surface area (Å²) in [6.45, 7) is 3.20. The van der Waals surface area contributed by atoms with Crippen LogP contribution in [0.3, 0.4) is 0 Å². The number of rotatable bonds is 4. The summed E-state index contributed by atoms with van der Waals surface area (Å²) in [6, 6.07) is 7.24. The maximum atomic E-state index is 13.5. The van der Waals surface area contributed by atoms with Crippen molar-refractivity contribution in [3.63, 3.8) is 0 Å². The number of halogens is 2. The number of benzene rings is 1. The molecule has 0 saturated carbocycles. The summed E-state index contributed by atoms with van der Waals surface area (Å²) in [5.41, 5.74) is 1.09. The van der Waals surface area contributed by atoms with Crippen LogP contribution in [0.25, 0.3) is 5.65 Å². The topological polar surface area (TPSA) is 81.3 Å². The molecule has 1 atom stereocenters. The lowest BCUT2D eigenvalue weighted by Gasteiger charge is -2.14. The van der Waals surface area contributed by atoms with Crippen molar-refractivity contribution < 1.29 is 9.18 Å². The van der Waals surface area contributed by atoms with Crippen LogP contribution in [0.4, 0.5) is 4.39 Å². The summed E-state index contributed by atoms with van der Waals surface area (Å²) in [6.07, 6.45) is 0. The van der Waals surface area contributed by atoms with E-state index in [0.29, 0.717) is 16.9 Å². The predicted molar refractivity (Wildman–Crippen MR) is 90.0 cm³/mol. The smallest absolute Gasteiger partial charge is 0.348 e. The van der Waals surface area contributed by atoms with Crippen LogP contribution >= 0.6 is 11.6 Å². The van der Waals surface area contributed by atoms with Gasteiger partial charge in [0.1, 0.15) is 12.4 Å². The highest BCUT2D eigenvalue weighted by atomic mass is 35.5. The molecule has 3 rings (SSSR count). The SMILES string of the molecule is Cc1ccc2nn(CC(=O)N[C@@H](C)c3ccc(Cl)c(F)c3)c(=O)n2n1. The fourth-order valence-corrected chi connectivity index (χ4v) is 2.51. The van der Waals surface area contributed by atoms with Crippen LogP contribution in [0.5, 0.6) is 0 Å². The van der Waals surface area contributed by atoms with Crippen LogP contribution in [0.15, 0.2) is 35.1 Å². The Bertz CT molecular complexity index is 1010. The van der Waals surface area contributed by atoms with Gasteiger partial charge in [-0.3, -0.25) is 4.79 Å². The van der Waals surface area contributed by atoms with Crippen LogP contribution in [0.1, 0.15) is 24.2 Å². The van der Waals surface area contributed by atoms with Gasteiger partial charge >= 0.3 is 5.69 Å². The number of carbonyl (C=O) groups is 1. The molecule has 0 aliphatic rings. The molecule has 0 fully saturated rings. The first-order valence-corrected chi connectivity index (χ1v) is 7.91. The molecule has 0 spiro atoms. The largest absolute Gasteiger partial charge is 0.367 e. The van der Waals surface area contributed by atoms with Crippen LogP contribution < -0.4 is 11.0 Å². The molecule has 0 aliphatic carbocycles. The summed E-state index contributed by atoms with van der Waals surface area (Å²) < 4.78 is 15.7. The summed E-state index contributed by atoms with van der Waals surface area (Å²) in [4.78, 5) is 24.4. The lowest BCUT2D eigenvalue weighted by Crippen LogP contribution is -2.34. The van der Waals surface area contributed by atoms with Gasteiger partial charge in [-0.15, -0.1) is 5.10 Å². The zero-order chi connectivity index (χ0) is 18.1. The van der Waals surface area contributed by atoms with Gasteiger partial charge in [-0.1, -0.05) is 17.7 Å². The first-order chi connectivity index (χ1) is 11.8. The number of hydrogen-bond donors (Lipinski definition) is 1. The van der Waals surface area contributed by atoms with E-state index in [9.17, 15) is 14.0 Å². The van der Waals surface area contributed by atoms with Gasteiger partial charge in [-0.2, -0.15) is 9.61 Å². The average Bonchev–Trinajstić information content (AvgIpc) is 2.86. The maximum absolute atomic E-state index is 13.5. The van der Waals surface area contributed by atoms with E-state index in [1.807, 2.05) is 0 Å². The lowest BCUT2D eigenvalue weighted by molar-refractivity contribution is -0.122. The number of carbonyl (C=O) groups excluding carboxylic acids is 1. The number of fused-ring (bicyclic) bond motifs is 1. The number of amides is 1. The highest BCUT2D eigenvalue weighted by Crippen LogP contribution is 2.20. The van der Waals surface area contributed by atoms with E-state index in [1.54, 1.807) is 32.0 Å². The van der Waals surface area contributed by atoms with Crippen LogP contribution in [0, 0.1) is 12.7 Å². The van der Waals surface area contributed by atoms with E-state index >= 15 is 0 Å². The molecule has 0 radical (unpaired) electrons. The van der Waals surface area contributed by atoms with Crippen molar-refractivity contribution in [1.29, 1.82) is 0 Å². The molecule has 1 aromatic carbocycles. The molecule has 25 heavy (non-hydrogen) atoms. The Morgan fingerprint density at radius 1 is 1.32 bits per heavy atom. The Morgan fingerprint density at radius 3 is 2.80 bits per heavy atom. The molecule has 1 N–H and O–H groups in total. The van der Waals surface area contributed by atoms with Crippen LogP contribution in [-0.2, 0) is 11.3 Å². The minimum atomic E-state index is -0.557. The van der Waals surface area contributed by atoms with Crippen molar-refractivity contribution in [1.82, 2.24) is 24.7 Å². The monoisotopic (exact) mass is 363 g/mol. The van der Waals surface area contributed by atoms with Crippen LogP contribution in [-0.4, -0.2) is 25.3 Å². The third-order valence-electron chi connectivity index (χ3n) is 3.69. The Hall–Kier alpha value is -2.74. The zero-order valence-corrected chi connectivity index (χ0v) is 14.3. The summed E-state index contributed by atoms with van der Waals surface area (Å²) >= 11 is 5.65. The van der Waals surface area contributed by atoms with E-state index in [1.165, 1.54) is 12.1 Å². The molecule has 9 heteroatoms. The highest BCUT2D eigenvalue weighted by Gasteiger charge is 2.15. The van der Waals surface area contributed by atoms with E-state index in [4.69, 9.17) is 11.6 Å². The molecule has 0 saturated heterocycles. The molecule has 0 aliphatic heterocycles.